The van der Waals surface area contributed by atoms with Crippen molar-refractivity contribution < 1.29 is 13.2 Å². The van der Waals surface area contributed by atoms with Gasteiger partial charge in [-0.2, -0.15) is 13.2 Å². The third-order valence-corrected chi connectivity index (χ3v) is 4.46. The van der Waals surface area contributed by atoms with Gasteiger partial charge in [0, 0.05) is 10.5 Å². The Morgan fingerprint density at radius 1 is 1.15 bits per heavy atom. The highest BCUT2D eigenvalue weighted by Crippen LogP contribution is 2.37. The molecule has 0 unspecified atom stereocenters. The lowest BCUT2D eigenvalue weighted by atomic mass is 10.2. The summed E-state index contributed by atoms with van der Waals surface area (Å²) in [7, 11) is 0. The minimum atomic E-state index is -4.29. The monoisotopic (exact) mass is 411 g/mol. The number of nitrogens with zero attached hydrogens (tertiary/aromatic N) is 2. The number of hydrogen-bond donors (Lipinski definition) is 1. The summed E-state index contributed by atoms with van der Waals surface area (Å²) in [5, 5.41) is 0. The van der Waals surface area contributed by atoms with E-state index in [-0.39, 0.29) is 16.7 Å². The third-order valence-electron chi connectivity index (χ3n) is 2.39. The molecule has 2 rings (SSSR count). The van der Waals surface area contributed by atoms with Gasteiger partial charge >= 0.3 is 5.51 Å². The first-order valence-electron chi connectivity index (χ1n) is 5.42. The number of thioether (sulfide) groups is 1. The number of anilines is 1. The molecule has 1 heterocycles. The molecule has 3 nitrogen and oxygen atoms in total. The van der Waals surface area contributed by atoms with Gasteiger partial charge in [0.25, 0.3) is 0 Å². The predicted octanol–water partition coefficient (Wildman–Crippen LogP) is 4.25. The Labute approximate surface area is 131 Å². The van der Waals surface area contributed by atoms with E-state index in [1.54, 1.807) is 19.1 Å². The number of halogens is 4. The molecular weight excluding hydrogens is 402 g/mol. The van der Waals surface area contributed by atoms with Gasteiger partial charge in [-0.05, 0) is 53.4 Å². The lowest BCUT2D eigenvalue weighted by Gasteiger charge is -2.08. The summed E-state index contributed by atoms with van der Waals surface area (Å²) < 4.78 is 37.5. The van der Waals surface area contributed by atoms with Gasteiger partial charge in [0.05, 0.1) is 9.26 Å². The van der Waals surface area contributed by atoms with Crippen LogP contribution in [0.2, 0.25) is 0 Å². The molecule has 2 aromatic rings. The van der Waals surface area contributed by atoms with E-state index in [0.29, 0.717) is 17.2 Å². The predicted molar refractivity (Wildman–Crippen MR) is 81.2 cm³/mol. The topological polar surface area (TPSA) is 51.8 Å². The summed E-state index contributed by atoms with van der Waals surface area (Å²) in [6.07, 6.45) is 0. The maximum absolute atomic E-state index is 12.2. The Bertz CT molecular complexity index is 606. The van der Waals surface area contributed by atoms with E-state index in [9.17, 15) is 13.2 Å². The summed E-state index contributed by atoms with van der Waals surface area (Å²) in [6, 6.07) is 5.88. The fraction of sp³-hybridized carbons (Fsp3) is 0.167. The molecule has 0 saturated carbocycles. The van der Waals surface area contributed by atoms with Gasteiger partial charge in [0.2, 0.25) is 0 Å². The molecule has 0 saturated heterocycles. The quantitative estimate of drug-likeness (QED) is 0.593. The Kier molecular flexibility index (Phi) is 4.43. The summed E-state index contributed by atoms with van der Waals surface area (Å²) in [6.45, 7) is 1.80. The second-order valence-corrected chi connectivity index (χ2v) is 6.12. The molecular formula is C12H9F3IN3S. The van der Waals surface area contributed by atoms with Crippen molar-refractivity contribution in [1.82, 2.24) is 9.97 Å². The lowest BCUT2D eigenvalue weighted by Crippen LogP contribution is -2.02. The van der Waals surface area contributed by atoms with Crippen molar-refractivity contribution in [2.45, 2.75) is 17.3 Å². The van der Waals surface area contributed by atoms with E-state index < -0.39 is 5.51 Å². The highest BCUT2D eigenvalue weighted by atomic mass is 127. The molecule has 0 radical (unpaired) electrons. The van der Waals surface area contributed by atoms with Crippen LogP contribution in [0.15, 0.2) is 29.2 Å². The summed E-state index contributed by atoms with van der Waals surface area (Å²) in [4.78, 5) is 8.54. The van der Waals surface area contributed by atoms with Gasteiger partial charge in [-0.1, -0.05) is 12.1 Å². The van der Waals surface area contributed by atoms with Crippen molar-refractivity contribution in [3.05, 3.63) is 33.5 Å². The molecule has 1 aromatic heterocycles. The van der Waals surface area contributed by atoms with E-state index in [0.717, 1.165) is 9.26 Å². The second kappa shape index (κ2) is 5.76. The van der Waals surface area contributed by atoms with Crippen LogP contribution in [0.4, 0.5) is 19.0 Å². The van der Waals surface area contributed by atoms with Crippen molar-refractivity contribution in [2.24, 2.45) is 0 Å². The van der Waals surface area contributed by atoms with Crippen LogP contribution < -0.4 is 5.73 Å². The average molecular weight is 411 g/mol. The third kappa shape index (κ3) is 3.75. The molecule has 0 bridgehead atoms. The van der Waals surface area contributed by atoms with Gasteiger partial charge in [0.1, 0.15) is 5.82 Å². The van der Waals surface area contributed by atoms with Gasteiger partial charge in [-0.25, -0.2) is 9.97 Å². The summed E-state index contributed by atoms with van der Waals surface area (Å²) >= 11 is 1.89. The number of aryl methyl sites for hydroxylation is 1. The first-order chi connectivity index (χ1) is 9.26. The SMILES string of the molecule is Cc1nc(-c2ccc(SC(F)(F)F)cc2)nc(N)c1I. The highest BCUT2D eigenvalue weighted by Gasteiger charge is 2.29. The number of hydrogen-bond acceptors (Lipinski definition) is 4. The number of nitrogens with two attached hydrogens (primary N) is 1. The molecule has 0 fully saturated rings. The number of benzene rings is 1. The second-order valence-electron chi connectivity index (χ2n) is 3.90. The maximum Gasteiger partial charge on any atom is 0.446 e. The van der Waals surface area contributed by atoms with Crippen molar-refractivity contribution >= 4 is 40.2 Å². The van der Waals surface area contributed by atoms with Crippen molar-refractivity contribution in [2.75, 3.05) is 5.73 Å². The van der Waals surface area contributed by atoms with Crippen LogP contribution >= 0.6 is 34.4 Å². The smallest absolute Gasteiger partial charge is 0.383 e. The normalized spacial score (nSPS) is 11.7. The fourth-order valence-corrected chi connectivity index (χ4v) is 2.30. The number of alkyl halides is 3. The van der Waals surface area contributed by atoms with E-state index in [2.05, 4.69) is 9.97 Å². The molecule has 20 heavy (non-hydrogen) atoms. The maximum atomic E-state index is 12.2. The molecule has 2 N–H and O–H groups in total. The minimum absolute atomic E-state index is 0.122. The lowest BCUT2D eigenvalue weighted by molar-refractivity contribution is -0.0328. The van der Waals surface area contributed by atoms with Gasteiger partial charge < -0.3 is 5.73 Å². The summed E-state index contributed by atoms with van der Waals surface area (Å²) in [5.74, 6) is 0.769. The Hall–Kier alpha value is -1.03. The van der Waals surface area contributed by atoms with E-state index >= 15 is 0 Å². The fourth-order valence-electron chi connectivity index (χ4n) is 1.52. The van der Waals surface area contributed by atoms with Gasteiger partial charge in [-0.15, -0.1) is 0 Å². The van der Waals surface area contributed by atoms with E-state index in [4.69, 9.17) is 5.73 Å². The molecule has 0 aliphatic rings. The first kappa shape index (κ1) is 15.4. The highest BCUT2D eigenvalue weighted by molar-refractivity contribution is 14.1. The molecule has 0 aliphatic heterocycles. The molecule has 1 aromatic carbocycles. The average Bonchev–Trinajstić information content (AvgIpc) is 2.34. The van der Waals surface area contributed by atoms with Crippen LogP contribution in [0, 0.1) is 10.5 Å². The van der Waals surface area contributed by atoms with Crippen LogP contribution in [0.1, 0.15) is 5.69 Å². The standard InChI is InChI=1S/C12H9F3IN3S/c1-6-9(16)10(17)19-11(18-6)7-2-4-8(5-3-7)20-12(13,14)15/h2-5H,1H3,(H2,17,18,19). The Morgan fingerprint density at radius 3 is 2.25 bits per heavy atom. The zero-order valence-electron chi connectivity index (χ0n) is 10.2. The first-order valence-corrected chi connectivity index (χ1v) is 7.31. The van der Waals surface area contributed by atoms with Crippen LogP contribution in [0.3, 0.4) is 0 Å². The Balaban J connectivity index is 2.31. The van der Waals surface area contributed by atoms with Gasteiger partial charge in [-0.3, -0.25) is 0 Å². The number of rotatable bonds is 2. The number of aromatic nitrogens is 2. The van der Waals surface area contributed by atoms with Gasteiger partial charge in [0.15, 0.2) is 5.82 Å². The van der Waals surface area contributed by atoms with Crippen LogP contribution in [-0.4, -0.2) is 15.5 Å². The zero-order chi connectivity index (χ0) is 14.9. The molecule has 106 valence electrons. The summed E-state index contributed by atoms with van der Waals surface area (Å²) in [5.41, 5.74) is 2.84. The molecule has 0 atom stereocenters. The van der Waals surface area contributed by atoms with E-state index in [1.807, 2.05) is 22.6 Å². The number of nitrogen functional groups attached to an aromatic ring is 1. The zero-order valence-corrected chi connectivity index (χ0v) is 13.2. The van der Waals surface area contributed by atoms with E-state index in [1.165, 1.54) is 12.1 Å². The Morgan fingerprint density at radius 2 is 1.75 bits per heavy atom. The van der Waals surface area contributed by atoms with Crippen LogP contribution in [0.25, 0.3) is 11.4 Å². The molecule has 0 amide bonds. The van der Waals surface area contributed by atoms with Crippen LogP contribution in [-0.2, 0) is 0 Å². The minimum Gasteiger partial charge on any atom is -0.383 e. The largest absolute Gasteiger partial charge is 0.446 e. The van der Waals surface area contributed by atoms with Crippen molar-refractivity contribution in [3.63, 3.8) is 0 Å². The van der Waals surface area contributed by atoms with Crippen molar-refractivity contribution in [1.29, 1.82) is 0 Å². The molecule has 0 spiro atoms. The molecule has 0 aliphatic carbocycles. The van der Waals surface area contributed by atoms with Crippen LogP contribution in [0.5, 0.6) is 0 Å². The van der Waals surface area contributed by atoms with Crippen molar-refractivity contribution in [3.8, 4) is 11.4 Å². The molecule has 8 heteroatoms.